The van der Waals surface area contributed by atoms with Crippen molar-refractivity contribution in [3.8, 4) is 6.07 Å². The molecule has 1 aromatic rings. The Morgan fingerprint density at radius 3 is 2.72 bits per heavy atom. The van der Waals surface area contributed by atoms with Gasteiger partial charge in [0.1, 0.15) is 5.78 Å². The van der Waals surface area contributed by atoms with Gasteiger partial charge < -0.3 is 4.74 Å². The Morgan fingerprint density at radius 2 is 2.17 bits per heavy atom. The molecule has 5 heteroatoms. The molecule has 0 fully saturated rings. The predicted molar refractivity (Wildman–Crippen MR) is 69.6 cm³/mol. The first-order valence-corrected chi connectivity index (χ1v) is 6.52. The van der Waals surface area contributed by atoms with E-state index in [1.807, 2.05) is 6.07 Å². The zero-order valence-electron chi connectivity index (χ0n) is 9.90. The van der Waals surface area contributed by atoms with Crippen molar-refractivity contribution in [3.05, 3.63) is 34.9 Å². The van der Waals surface area contributed by atoms with Gasteiger partial charge in [0.15, 0.2) is 0 Å². The number of hydrogen-bond donors (Lipinski definition) is 0. The number of ketones is 1. The SMILES string of the molecule is CCOC(=O)c1ccc(CC(=O)CBr)c(C#N)c1. The van der Waals surface area contributed by atoms with E-state index in [-0.39, 0.29) is 24.1 Å². The van der Waals surface area contributed by atoms with Crippen LogP contribution in [0.5, 0.6) is 0 Å². The van der Waals surface area contributed by atoms with Gasteiger partial charge in [-0.15, -0.1) is 0 Å². The fraction of sp³-hybridized carbons (Fsp3) is 0.308. The van der Waals surface area contributed by atoms with Crippen LogP contribution < -0.4 is 0 Å². The average Bonchev–Trinajstić information content (AvgIpc) is 2.39. The lowest BCUT2D eigenvalue weighted by atomic mass is 10.0. The van der Waals surface area contributed by atoms with Crippen LogP contribution in [-0.2, 0) is 16.0 Å². The summed E-state index contributed by atoms with van der Waals surface area (Å²) < 4.78 is 4.85. The molecule has 1 rings (SSSR count). The number of benzene rings is 1. The minimum Gasteiger partial charge on any atom is -0.462 e. The van der Waals surface area contributed by atoms with Crippen LogP contribution in [-0.4, -0.2) is 23.7 Å². The molecule has 1 aromatic carbocycles. The van der Waals surface area contributed by atoms with Crippen LogP contribution in [0.1, 0.15) is 28.4 Å². The first-order valence-electron chi connectivity index (χ1n) is 5.40. The zero-order chi connectivity index (χ0) is 13.5. The van der Waals surface area contributed by atoms with Crippen molar-refractivity contribution in [1.82, 2.24) is 0 Å². The fourth-order valence-electron chi connectivity index (χ4n) is 1.44. The number of nitrogens with zero attached hydrogens (tertiary/aromatic N) is 1. The summed E-state index contributed by atoms with van der Waals surface area (Å²) in [4.78, 5) is 22.8. The third kappa shape index (κ3) is 3.67. The van der Waals surface area contributed by atoms with E-state index in [0.29, 0.717) is 16.7 Å². The van der Waals surface area contributed by atoms with Crippen molar-refractivity contribution in [3.63, 3.8) is 0 Å². The van der Waals surface area contributed by atoms with E-state index in [1.54, 1.807) is 19.1 Å². The highest BCUT2D eigenvalue weighted by molar-refractivity contribution is 9.09. The molecule has 0 spiro atoms. The molecule has 0 unspecified atom stereocenters. The lowest BCUT2D eigenvalue weighted by molar-refractivity contribution is -0.115. The van der Waals surface area contributed by atoms with E-state index in [2.05, 4.69) is 15.9 Å². The molecular formula is C13H12BrNO3. The molecular weight excluding hydrogens is 298 g/mol. The van der Waals surface area contributed by atoms with Gasteiger partial charge in [-0.1, -0.05) is 22.0 Å². The Morgan fingerprint density at radius 1 is 1.44 bits per heavy atom. The summed E-state index contributed by atoms with van der Waals surface area (Å²) in [5, 5.41) is 9.26. The standard InChI is InChI=1S/C13H12BrNO3/c1-2-18-13(17)10-4-3-9(6-12(16)7-14)11(5-10)8-15/h3-5H,2,6-7H2,1H3. The molecule has 18 heavy (non-hydrogen) atoms. The summed E-state index contributed by atoms with van der Waals surface area (Å²) in [7, 11) is 0. The molecule has 0 aromatic heterocycles. The molecule has 4 nitrogen and oxygen atoms in total. The molecule has 0 saturated carbocycles. The normalized spacial score (nSPS) is 9.61. The van der Waals surface area contributed by atoms with Gasteiger partial charge in [0.05, 0.1) is 29.1 Å². The van der Waals surface area contributed by atoms with E-state index in [0.717, 1.165) is 0 Å². The van der Waals surface area contributed by atoms with Crippen molar-refractivity contribution in [2.75, 3.05) is 11.9 Å². The van der Waals surface area contributed by atoms with E-state index in [4.69, 9.17) is 10.00 Å². The number of halogens is 1. The first-order chi connectivity index (χ1) is 8.62. The summed E-state index contributed by atoms with van der Waals surface area (Å²) in [6, 6.07) is 6.62. The molecule has 0 aliphatic heterocycles. The molecule has 0 aliphatic rings. The van der Waals surface area contributed by atoms with Crippen LogP contribution in [0.3, 0.4) is 0 Å². The number of carbonyl (C=O) groups is 2. The summed E-state index contributed by atoms with van der Waals surface area (Å²) in [5.41, 5.74) is 1.27. The molecule has 0 atom stereocenters. The quantitative estimate of drug-likeness (QED) is 0.618. The highest BCUT2D eigenvalue weighted by Crippen LogP contribution is 2.14. The van der Waals surface area contributed by atoms with E-state index >= 15 is 0 Å². The third-order valence-corrected chi connectivity index (χ3v) is 2.90. The number of alkyl halides is 1. The second kappa shape index (κ2) is 6.92. The Bertz CT molecular complexity index is 505. The van der Waals surface area contributed by atoms with Gasteiger partial charge in [0, 0.05) is 6.42 Å². The first kappa shape index (κ1) is 14.4. The van der Waals surface area contributed by atoms with Gasteiger partial charge in [-0.05, 0) is 24.6 Å². The molecule has 0 N–H and O–H groups in total. The summed E-state index contributed by atoms with van der Waals surface area (Å²) >= 11 is 3.07. The number of esters is 1. The second-order valence-electron chi connectivity index (χ2n) is 3.55. The van der Waals surface area contributed by atoms with Gasteiger partial charge in [0.2, 0.25) is 0 Å². The minimum absolute atomic E-state index is 0.0182. The van der Waals surface area contributed by atoms with Crippen molar-refractivity contribution in [2.24, 2.45) is 0 Å². The molecule has 0 amide bonds. The van der Waals surface area contributed by atoms with Crippen molar-refractivity contribution in [2.45, 2.75) is 13.3 Å². The summed E-state index contributed by atoms with van der Waals surface area (Å²) in [6.07, 6.45) is 0.178. The maximum Gasteiger partial charge on any atom is 0.338 e. The number of Topliss-reactive ketones (excluding diaryl/α,β-unsaturated/α-hetero) is 1. The van der Waals surface area contributed by atoms with Crippen LogP contribution in [0.15, 0.2) is 18.2 Å². The monoisotopic (exact) mass is 309 g/mol. The van der Waals surface area contributed by atoms with Gasteiger partial charge in [-0.2, -0.15) is 5.26 Å². The zero-order valence-corrected chi connectivity index (χ0v) is 11.5. The van der Waals surface area contributed by atoms with E-state index < -0.39 is 5.97 Å². The second-order valence-corrected chi connectivity index (χ2v) is 4.11. The Hall–Kier alpha value is -1.67. The summed E-state index contributed by atoms with van der Waals surface area (Å²) in [6.45, 7) is 2.00. The van der Waals surface area contributed by atoms with Gasteiger partial charge in [0.25, 0.3) is 0 Å². The third-order valence-electron chi connectivity index (χ3n) is 2.28. The van der Waals surface area contributed by atoms with Crippen LogP contribution in [0.2, 0.25) is 0 Å². The highest BCUT2D eigenvalue weighted by Gasteiger charge is 2.12. The molecule has 0 aliphatic carbocycles. The van der Waals surface area contributed by atoms with Crippen LogP contribution in [0.25, 0.3) is 0 Å². The van der Waals surface area contributed by atoms with E-state index in [9.17, 15) is 9.59 Å². The fourth-order valence-corrected chi connectivity index (χ4v) is 1.63. The number of nitriles is 1. The molecule has 94 valence electrons. The van der Waals surface area contributed by atoms with Crippen LogP contribution in [0.4, 0.5) is 0 Å². The highest BCUT2D eigenvalue weighted by atomic mass is 79.9. The van der Waals surface area contributed by atoms with Gasteiger partial charge >= 0.3 is 5.97 Å². The topological polar surface area (TPSA) is 67.2 Å². The number of rotatable bonds is 5. The predicted octanol–water partition coefficient (Wildman–Crippen LogP) is 2.24. The molecule has 0 saturated heterocycles. The lowest BCUT2D eigenvalue weighted by Gasteiger charge is -2.05. The Balaban J connectivity index is 3.01. The van der Waals surface area contributed by atoms with Gasteiger partial charge in [-0.25, -0.2) is 4.79 Å². The molecule has 0 radical (unpaired) electrons. The average molecular weight is 310 g/mol. The molecule has 0 bridgehead atoms. The van der Waals surface area contributed by atoms with Crippen molar-refractivity contribution < 1.29 is 14.3 Å². The van der Waals surface area contributed by atoms with Crippen molar-refractivity contribution >= 4 is 27.7 Å². The molecule has 0 heterocycles. The van der Waals surface area contributed by atoms with Gasteiger partial charge in [-0.3, -0.25) is 4.79 Å². The maximum atomic E-state index is 11.5. The van der Waals surface area contributed by atoms with Crippen molar-refractivity contribution in [1.29, 1.82) is 5.26 Å². The lowest BCUT2D eigenvalue weighted by Crippen LogP contribution is -2.08. The number of ether oxygens (including phenoxy) is 1. The number of carbonyl (C=O) groups excluding carboxylic acids is 2. The number of hydrogen-bond acceptors (Lipinski definition) is 4. The van der Waals surface area contributed by atoms with Crippen LogP contribution in [0, 0.1) is 11.3 Å². The Kier molecular flexibility index (Phi) is 5.53. The smallest absolute Gasteiger partial charge is 0.338 e. The minimum atomic E-state index is -0.465. The van der Waals surface area contributed by atoms with Crippen LogP contribution >= 0.6 is 15.9 Å². The largest absolute Gasteiger partial charge is 0.462 e. The Labute approximate surface area is 114 Å². The summed E-state index contributed by atoms with van der Waals surface area (Å²) in [5.74, 6) is -0.484. The maximum absolute atomic E-state index is 11.5. The van der Waals surface area contributed by atoms with E-state index in [1.165, 1.54) is 6.07 Å².